The van der Waals surface area contributed by atoms with E-state index in [1.54, 1.807) is 19.2 Å². The van der Waals surface area contributed by atoms with Crippen molar-refractivity contribution in [2.24, 2.45) is 0 Å². The normalized spacial score (nSPS) is 24.9. The van der Waals surface area contributed by atoms with Gasteiger partial charge in [0.25, 0.3) is 0 Å². The second-order valence-electron chi connectivity index (χ2n) is 4.08. The Balaban J connectivity index is 2.03. The van der Waals surface area contributed by atoms with Crippen LogP contribution in [0.3, 0.4) is 0 Å². The van der Waals surface area contributed by atoms with E-state index in [1.165, 1.54) is 0 Å². The predicted octanol–water partition coefficient (Wildman–Crippen LogP) is 2.18. The van der Waals surface area contributed by atoms with Crippen LogP contribution in [-0.4, -0.2) is 25.1 Å². The van der Waals surface area contributed by atoms with E-state index in [0.29, 0.717) is 18.1 Å². The van der Waals surface area contributed by atoms with Crippen LogP contribution in [0.25, 0.3) is 0 Å². The van der Waals surface area contributed by atoms with Gasteiger partial charge in [0.1, 0.15) is 18.5 Å². The van der Waals surface area contributed by atoms with Crippen LogP contribution < -0.4 is 0 Å². The van der Waals surface area contributed by atoms with Crippen molar-refractivity contribution >= 4 is 5.78 Å². The Morgan fingerprint density at radius 2 is 2.31 bits per heavy atom. The molecule has 88 valence electrons. The highest BCUT2D eigenvalue weighted by Gasteiger charge is 2.30. The van der Waals surface area contributed by atoms with Gasteiger partial charge in [-0.2, -0.15) is 0 Å². The maximum absolute atomic E-state index is 12.0. The SMILES string of the molecule is COCc1ccc(C(=O)C2CCC(C)O2)o1. The molecule has 2 rings (SSSR count). The number of ether oxygens (including phenoxy) is 2. The Hall–Kier alpha value is -1.13. The molecule has 1 fully saturated rings. The molecule has 0 saturated carbocycles. The summed E-state index contributed by atoms with van der Waals surface area (Å²) in [5, 5.41) is 0. The number of ketones is 1. The Bertz CT molecular complexity index is 369. The Morgan fingerprint density at radius 3 is 2.94 bits per heavy atom. The molecule has 2 unspecified atom stereocenters. The van der Waals surface area contributed by atoms with Crippen molar-refractivity contribution in [2.75, 3.05) is 7.11 Å². The monoisotopic (exact) mass is 224 g/mol. The van der Waals surface area contributed by atoms with Crippen molar-refractivity contribution in [1.29, 1.82) is 0 Å². The fourth-order valence-corrected chi connectivity index (χ4v) is 1.88. The minimum absolute atomic E-state index is 0.0632. The van der Waals surface area contributed by atoms with Gasteiger partial charge in [0.2, 0.25) is 5.78 Å². The Labute approximate surface area is 94.5 Å². The molecule has 0 N–H and O–H groups in total. The molecule has 0 aliphatic carbocycles. The molecule has 1 aliphatic rings. The van der Waals surface area contributed by atoms with Crippen molar-refractivity contribution in [2.45, 2.75) is 38.6 Å². The maximum atomic E-state index is 12.0. The molecular formula is C12H16O4. The van der Waals surface area contributed by atoms with E-state index in [1.807, 2.05) is 6.92 Å². The van der Waals surface area contributed by atoms with Gasteiger partial charge >= 0.3 is 0 Å². The molecule has 1 aliphatic heterocycles. The first kappa shape index (κ1) is 11.4. The molecule has 4 nitrogen and oxygen atoms in total. The van der Waals surface area contributed by atoms with Gasteiger partial charge in [-0.25, -0.2) is 0 Å². The number of hydrogen-bond donors (Lipinski definition) is 0. The molecule has 0 radical (unpaired) electrons. The summed E-state index contributed by atoms with van der Waals surface area (Å²) < 4.78 is 15.8. The zero-order valence-electron chi connectivity index (χ0n) is 9.56. The third-order valence-electron chi connectivity index (χ3n) is 2.72. The van der Waals surface area contributed by atoms with Crippen LogP contribution in [0, 0.1) is 0 Å². The molecule has 2 heterocycles. The smallest absolute Gasteiger partial charge is 0.226 e. The van der Waals surface area contributed by atoms with Gasteiger partial charge in [0, 0.05) is 7.11 Å². The summed E-state index contributed by atoms with van der Waals surface area (Å²) in [6.07, 6.45) is 1.54. The van der Waals surface area contributed by atoms with E-state index in [2.05, 4.69) is 0 Å². The Kier molecular flexibility index (Phi) is 3.41. The first-order valence-electron chi connectivity index (χ1n) is 5.48. The molecule has 2 atom stereocenters. The number of rotatable bonds is 4. The fourth-order valence-electron chi connectivity index (χ4n) is 1.88. The van der Waals surface area contributed by atoms with Crippen LogP contribution in [0.4, 0.5) is 0 Å². The van der Waals surface area contributed by atoms with Crippen molar-refractivity contribution in [1.82, 2.24) is 0 Å². The number of hydrogen-bond acceptors (Lipinski definition) is 4. The summed E-state index contributed by atoms with van der Waals surface area (Å²) >= 11 is 0. The van der Waals surface area contributed by atoms with Gasteiger partial charge in [-0.05, 0) is 31.9 Å². The minimum atomic E-state index is -0.337. The van der Waals surface area contributed by atoms with E-state index in [0.717, 1.165) is 12.8 Å². The van der Waals surface area contributed by atoms with Crippen LogP contribution in [0.5, 0.6) is 0 Å². The average Bonchev–Trinajstić information content (AvgIpc) is 2.87. The summed E-state index contributed by atoms with van der Waals surface area (Å²) in [5.41, 5.74) is 0. The standard InChI is InChI=1S/C12H16O4/c1-8-3-5-10(15-8)12(13)11-6-4-9(16-11)7-14-2/h4,6,8,10H,3,5,7H2,1-2H3. The lowest BCUT2D eigenvalue weighted by Gasteiger charge is -2.07. The third-order valence-corrected chi connectivity index (χ3v) is 2.72. The number of furan rings is 1. The zero-order valence-corrected chi connectivity index (χ0v) is 9.56. The minimum Gasteiger partial charge on any atom is -0.455 e. The van der Waals surface area contributed by atoms with E-state index < -0.39 is 0 Å². The van der Waals surface area contributed by atoms with E-state index in [-0.39, 0.29) is 18.0 Å². The lowest BCUT2D eigenvalue weighted by molar-refractivity contribution is 0.0407. The van der Waals surface area contributed by atoms with Gasteiger partial charge in [0.05, 0.1) is 6.10 Å². The third kappa shape index (κ3) is 2.33. The molecule has 16 heavy (non-hydrogen) atoms. The van der Waals surface area contributed by atoms with Gasteiger partial charge < -0.3 is 13.9 Å². The van der Waals surface area contributed by atoms with Crippen molar-refractivity contribution in [3.05, 3.63) is 23.7 Å². The molecule has 4 heteroatoms. The second-order valence-corrected chi connectivity index (χ2v) is 4.08. The molecular weight excluding hydrogens is 208 g/mol. The topological polar surface area (TPSA) is 48.7 Å². The van der Waals surface area contributed by atoms with Crippen LogP contribution in [0.1, 0.15) is 36.1 Å². The van der Waals surface area contributed by atoms with Crippen LogP contribution in [-0.2, 0) is 16.1 Å². The highest BCUT2D eigenvalue weighted by molar-refractivity contribution is 5.97. The Morgan fingerprint density at radius 1 is 1.50 bits per heavy atom. The fraction of sp³-hybridized carbons (Fsp3) is 0.583. The molecule has 0 spiro atoms. The number of carbonyl (C=O) groups excluding carboxylic acids is 1. The molecule has 0 bridgehead atoms. The summed E-state index contributed by atoms with van der Waals surface area (Å²) in [6.45, 7) is 2.36. The largest absolute Gasteiger partial charge is 0.455 e. The van der Waals surface area contributed by atoms with E-state index >= 15 is 0 Å². The molecule has 1 aromatic rings. The predicted molar refractivity (Wildman–Crippen MR) is 57.3 cm³/mol. The highest BCUT2D eigenvalue weighted by atomic mass is 16.5. The molecule has 1 aromatic heterocycles. The first-order valence-corrected chi connectivity index (χ1v) is 5.48. The number of carbonyl (C=O) groups is 1. The summed E-state index contributed by atoms with van der Waals surface area (Å²) in [7, 11) is 1.59. The lowest BCUT2D eigenvalue weighted by Crippen LogP contribution is -2.20. The quantitative estimate of drug-likeness (QED) is 0.735. The highest BCUT2D eigenvalue weighted by Crippen LogP contribution is 2.23. The summed E-state index contributed by atoms with van der Waals surface area (Å²) in [6, 6.07) is 3.44. The molecule has 0 aromatic carbocycles. The average molecular weight is 224 g/mol. The van der Waals surface area contributed by atoms with Crippen molar-refractivity contribution in [3.8, 4) is 0 Å². The van der Waals surface area contributed by atoms with Crippen LogP contribution in [0.15, 0.2) is 16.5 Å². The van der Waals surface area contributed by atoms with E-state index in [4.69, 9.17) is 13.9 Å². The lowest BCUT2D eigenvalue weighted by atomic mass is 10.1. The van der Waals surface area contributed by atoms with Gasteiger partial charge in [0.15, 0.2) is 5.76 Å². The van der Waals surface area contributed by atoms with Gasteiger partial charge in [-0.1, -0.05) is 0 Å². The second kappa shape index (κ2) is 4.80. The van der Waals surface area contributed by atoms with Gasteiger partial charge in [-0.3, -0.25) is 4.79 Å². The van der Waals surface area contributed by atoms with E-state index in [9.17, 15) is 4.79 Å². The molecule has 1 saturated heterocycles. The first-order chi connectivity index (χ1) is 7.70. The summed E-state index contributed by atoms with van der Waals surface area (Å²) in [4.78, 5) is 12.0. The van der Waals surface area contributed by atoms with Crippen molar-refractivity contribution in [3.63, 3.8) is 0 Å². The maximum Gasteiger partial charge on any atom is 0.226 e. The van der Waals surface area contributed by atoms with Crippen LogP contribution >= 0.6 is 0 Å². The van der Waals surface area contributed by atoms with Crippen LogP contribution in [0.2, 0.25) is 0 Å². The number of methoxy groups -OCH3 is 1. The van der Waals surface area contributed by atoms with Crippen molar-refractivity contribution < 1.29 is 18.7 Å². The molecule has 0 amide bonds. The number of Topliss-reactive ketones (excluding diaryl/α,β-unsaturated/α-hetero) is 1. The summed E-state index contributed by atoms with van der Waals surface area (Å²) in [5.74, 6) is 0.967. The zero-order chi connectivity index (χ0) is 11.5. The van der Waals surface area contributed by atoms with Gasteiger partial charge in [-0.15, -0.1) is 0 Å².